The van der Waals surface area contributed by atoms with Gasteiger partial charge >= 0.3 is 0 Å². The molecule has 1 aromatic heterocycles. The second kappa shape index (κ2) is 4.89. The molecular weight excluding hydrogens is 230 g/mol. The van der Waals surface area contributed by atoms with Gasteiger partial charge in [-0.3, -0.25) is 0 Å². The lowest BCUT2D eigenvalue weighted by molar-refractivity contribution is 0.464. The molecule has 1 aromatic carbocycles. The summed E-state index contributed by atoms with van der Waals surface area (Å²) < 4.78 is 5.62. The van der Waals surface area contributed by atoms with Crippen molar-refractivity contribution in [2.24, 2.45) is 5.84 Å². The van der Waals surface area contributed by atoms with E-state index in [1.807, 2.05) is 32.0 Å². The molecule has 0 atom stereocenters. The van der Waals surface area contributed by atoms with Gasteiger partial charge in [-0.05, 0) is 37.1 Å². The van der Waals surface area contributed by atoms with Crippen LogP contribution in [0.5, 0.6) is 11.6 Å². The Morgan fingerprint density at radius 2 is 1.94 bits per heavy atom. The third kappa shape index (κ3) is 2.33. The lowest BCUT2D eigenvalue weighted by Crippen LogP contribution is -2.12. The minimum atomic E-state index is 0.276. The predicted octanol–water partition coefficient (Wildman–Crippen LogP) is 1.75. The van der Waals surface area contributed by atoms with Crippen molar-refractivity contribution < 1.29 is 4.74 Å². The number of benzene rings is 1. The normalized spacial score (nSPS) is 10.2. The number of hydrazine groups is 1. The highest BCUT2D eigenvalue weighted by Gasteiger charge is 2.09. The number of nitrogens with one attached hydrogen (secondary N) is 1. The van der Waals surface area contributed by atoms with Crippen LogP contribution in [-0.4, -0.2) is 9.97 Å². The van der Waals surface area contributed by atoms with Gasteiger partial charge in [0.25, 0.3) is 0 Å². The largest absolute Gasteiger partial charge is 0.437 e. The van der Waals surface area contributed by atoms with Crippen LogP contribution in [0.15, 0.2) is 24.5 Å². The molecule has 1 heterocycles. The summed E-state index contributed by atoms with van der Waals surface area (Å²) in [4.78, 5) is 7.86. The van der Waals surface area contributed by atoms with Crippen LogP contribution in [0.1, 0.15) is 11.1 Å². The Labute approximate surface area is 105 Å². The molecule has 0 aliphatic heterocycles. The molecule has 0 amide bonds. The van der Waals surface area contributed by atoms with E-state index < -0.39 is 0 Å². The number of aromatic nitrogens is 2. The fourth-order valence-electron chi connectivity index (χ4n) is 1.46. The summed E-state index contributed by atoms with van der Waals surface area (Å²) in [6.07, 6.45) is 1.34. The molecule has 0 saturated carbocycles. The monoisotopic (exact) mass is 245 g/mol. The maximum Gasteiger partial charge on any atom is 0.248 e. The van der Waals surface area contributed by atoms with Crippen LogP contribution >= 0.6 is 0 Å². The van der Waals surface area contributed by atoms with Crippen molar-refractivity contribution in [3.8, 4) is 11.6 Å². The number of nitrogen functional groups attached to an aromatic ring is 2. The molecule has 0 aliphatic carbocycles. The smallest absolute Gasteiger partial charge is 0.248 e. The van der Waals surface area contributed by atoms with Crippen molar-refractivity contribution in [1.29, 1.82) is 0 Å². The van der Waals surface area contributed by atoms with E-state index in [1.54, 1.807) is 0 Å². The number of anilines is 2. The van der Waals surface area contributed by atoms with Gasteiger partial charge in [-0.25, -0.2) is 10.8 Å². The van der Waals surface area contributed by atoms with Gasteiger partial charge < -0.3 is 15.9 Å². The first kappa shape index (κ1) is 12.1. The van der Waals surface area contributed by atoms with Crippen molar-refractivity contribution in [1.82, 2.24) is 9.97 Å². The van der Waals surface area contributed by atoms with E-state index in [9.17, 15) is 0 Å². The molecule has 5 N–H and O–H groups in total. The number of nitrogens with zero attached hydrogens (tertiary/aromatic N) is 2. The maximum atomic E-state index is 5.82. The Morgan fingerprint density at radius 1 is 1.17 bits per heavy atom. The number of rotatable bonds is 3. The van der Waals surface area contributed by atoms with Gasteiger partial charge in [0, 0.05) is 0 Å². The standard InChI is InChI=1S/C12H15N5O/c1-7-3-4-9(5-8(7)2)18-12-10(13)11(17-14)15-6-16-12/h3-6H,13-14H2,1-2H3,(H,15,16,17). The first-order valence-corrected chi connectivity index (χ1v) is 5.44. The molecule has 0 saturated heterocycles. The van der Waals surface area contributed by atoms with E-state index in [4.69, 9.17) is 16.3 Å². The number of nitrogens with two attached hydrogens (primary N) is 2. The Bertz CT molecular complexity index is 570. The van der Waals surface area contributed by atoms with Crippen LogP contribution in [0.4, 0.5) is 11.5 Å². The van der Waals surface area contributed by atoms with Crippen molar-refractivity contribution >= 4 is 11.5 Å². The van der Waals surface area contributed by atoms with Crippen molar-refractivity contribution in [2.45, 2.75) is 13.8 Å². The second-order valence-electron chi connectivity index (χ2n) is 3.93. The average molecular weight is 245 g/mol. The SMILES string of the molecule is Cc1ccc(Oc2ncnc(NN)c2N)cc1C. The Morgan fingerprint density at radius 3 is 2.61 bits per heavy atom. The first-order chi connectivity index (χ1) is 8.61. The second-order valence-corrected chi connectivity index (χ2v) is 3.93. The predicted molar refractivity (Wildman–Crippen MR) is 70.2 cm³/mol. The van der Waals surface area contributed by atoms with Gasteiger partial charge in [-0.2, -0.15) is 4.98 Å². The van der Waals surface area contributed by atoms with Gasteiger partial charge in [-0.1, -0.05) is 6.07 Å². The molecule has 6 heteroatoms. The van der Waals surface area contributed by atoms with Gasteiger partial charge in [-0.15, -0.1) is 0 Å². The van der Waals surface area contributed by atoms with E-state index in [1.165, 1.54) is 11.9 Å². The van der Waals surface area contributed by atoms with E-state index in [-0.39, 0.29) is 11.6 Å². The zero-order valence-electron chi connectivity index (χ0n) is 10.3. The minimum absolute atomic E-state index is 0.276. The van der Waals surface area contributed by atoms with E-state index in [0.717, 1.165) is 5.56 Å². The van der Waals surface area contributed by atoms with Crippen LogP contribution in [0, 0.1) is 13.8 Å². The topological polar surface area (TPSA) is 99.1 Å². The summed E-state index contributed by atoms with van der Waals surface area (Å²) in [6, 6.07) is 5.76. The summed E-state index contributed by atoms with van der Waals surface area (Å²) in [5.74, 6) is 6.57. The summed E-state index contributed by atoms with van der Waals surface area (Å²) in [5, 5.41) is 0. The molecule has 0 spiro atoms. The fourth-order valence-corrected chi connectivity index (χ4v) is 1.46. The quantitative estimate of drug-likeness (QED) is 0.563. The molecule has 0 aliphatic rings. The van der Waals surface area contributed by atoms with Crippen molar-refractivity contribution in [3.05, 3.63) is 35.7 Å². The number of aryl methyl sites for hydroxylation is 2. The Hall–Kier alpha value is -2.34. The maximum absolute atomic E-state index is 5.82. The fraction of sp³-hybridized carbons (Fsp3) is 0.167. The van der Waals surface area contributed by atoms with Crippen LogP contribution in [0.2, 0.25) is 0 Å². The van der Waals surface area contributed by atoms with Crippen LogP contribution in [-0.2, 0) is 0 Å². The highest BCUT2D eigenvalue weighted by atomic mass is 16.5. The van der Waals surface area contributed by atoms with Gasteiger partial charge in [0.15, 0.2) is 5.82 Å². The average Bonchev–Trinajstić information content (AvgIpc) is 2.36. The Balaban J connectivity index is 2.31. The summed E-state index contributed by atoms with van der Waals surface area (Å²) in [5.41, 5.74) is 10.8. The highest BCUT2D eigenvalue weighted by Crippen LogP contribution is 2.29. The lowest BCUT2D eigenvalue weighted by atomic mass is 10.1. The molecular formula is C12H15N5O. The zero-order chi connectivity index (χ0) is 13.1. The third-order valence-electron chi connectivity index (χ3n) is 2.68. The lowest BCUT2D eigenvalue weighted by Gasteiger charge is -2.10. The summed E-state index contributed by atoms with van der Waals surface area (Å²) in [7, 11) is 0. The van der Waals surface area contributed by atoms with Crippen LogP contribution < -0.4 is 21.7 Å². The molecule has 94 valence electrons. The molecule has 0 fully saturated rings. The zero-order valence-corrected chi connectivity index (χ0v) is 10.3. The molecule has 0 unspecified atom stereocenters. The number of hydrogen-bond acceptors (Lipinski definition) is 6. The van der Waals surface area contributed by atoms with E-state index in [2.05, 4.69) is 15.4 Å². The van der Waals surface area contributed by atoms with Crippen LogP contribution in [0.3, 0.4) is 0 Å². The van der Waals surface area contributed by atoms with E-state index in [0.29, 0.717) is 11.6 Å². The molecule has 0 bridgehead atoms. The van der Waals surface area contributed by atoms with Crippen molar-refractivity contribution in [2.75, 3.05) is 11.2 Å². The number of ether oxygens (including phenoxy) is 1. The molecule has 2 rings (SSSR count). The Kier molecular flexibility index (Phi) is 3.29. The van der Waals surface area contributed by atoms with Gasteiger partial charge in [0.1, 0.15) is 17.8 Å². The summed E-state index contributed by atoms with van der Waals surface area (Å²) in [6.45, 7) is 4.05. The highest BCUT2D eigenvalue weighted by molar-refractivity contribution is 5.66. The van der Waals surface area contributed by atoms with Gasteiger partial charge in [0.2, 0.25) is 5.88 Å². The van der Waals surface area contributed by atoms with Crippen LogP contribution in [0.25, 0.3) is 0 Å². The van der Waals surface area contributed by atoms with E-state index >= 15 is 0 Å². The number of hydrogen-bond donors (Lipinski definition) is 3. The molecule has 18 heavy (non-hydrogen) atoms. The summed E-state index contributed by atoms with van der Waals surface area (Å²) >= 11 is 0. The van der Waals surface area contributed by atoms with Crippen molar-refractivity contribution in [3.63, 3.8) is 0 Å². The molecule has 6 nitrogen and oxygen atoms in total. The third-order valence-corrected chi connectivity index (χ3v) is 2.68. The van der Waals surface area contributed by atoms with Gasteiger partial charge in [0.05, 0.1) is 0 Å². The first-order valence-electron chi connectivity index (χ1n) is 5.44. The molecule has 0 radical (unpaired) electrons. The molecule has 2 aromatic rings. The minimum Gasteiger partial charge on any atom is -0.437 e.